The Hall–Kier alpha value is -1.97. The van der Waals surface area contributed by atoms with Crippen molar-refractivity contribution in [2.24, 2.45) is 0 Å². The lowest BCUT2D eigenvalue weighted by atomic mass is 9.96. The Morgan fingerprint density at radius 3 is 2.00 bits per heavy atom. The second-order valence-corrected chi connectivity index (χ2v) is 15.4. The average Bonchev–Trinajstić information content (AvgIpc) is 3.63. The summed E-state index contributed by atoms with van der Waals surface area (Å²) >= 11 is 1.54. The van der Waals surface area contributed by atoms with Crippen molar-refractivity contribution in [3.8, 4) is 0 Å². The highest BCUT2D eigenvalue weighted by atomic mass is 32.2. The van der Waals surface area contributed by atoms with Crippen LogP contribution in [0.4, 0.5) is 5.82 Å². The van der Waals surface area contributed by atoms with Gasteiger partial charge in [0.1, 0.15) is 54.9 Å². The first-order chi connectivity index (χ1) is 26.1. The topological polar surface area (TPSA) is 258 Å². The van der Waals surface area contributed by atoms with Gasteiger partial charge in [-0.25, -0.2) is 4.68 Å². The Kier molecular flexibility index (Phi) is 21.8. The van der Waals surface area contributed by atoms with E-state index in [0.29, 0.717) is 12.2 Å². The number of thioether (sulfide) groups is 1. The number of hydrogen-bond acceptors (Lipinski definition) is 15. The maximum absolute atomic E-state index is 13.3. The van der Waals surface area contributed by atoms with Gasteiger partial charge in [-0.3, -0.25) is 9.59 Å². The van der Waals surface area contributed by atoms with Crippen LogP contribution in [-0.2, 0) is 23.8 Å². The summed E-state index contributed by atoms with van der Waals surface area (Å²) in [5.74, 6) is 0.434. The van der Waals surface area contributed by atoms with Crippen LogP contribution >= 0.6 is 11.8 Å². The maximum Gasteiger partial charge on any atom is 0.249 e. The van der Waals surface area contributed by atoms with Crippen LogP contribution in [0.2, 0.25) is 0 Å². The molecule has 2 aliphatic rings. The van der Waals surface area contributed by atoms with Crippen molar-refractivity contribution in [2.75, 3.05) is 30.0 Å². The predicted octanol–water partition coefficient (Wildman–Crippen LogP) is 1.12. The summed E-state index contributed by atoms with van der Waals surface area (Å²) in [5, 5.41) is 85.3. The number of amides is 2. The molecule has 0 saturated carbocycles. The number of nitrogens with zero attached hydrogens (tertiary/aromatic N) is 3. The summed E-state index contributed by atoms with van der Waals surface area (Å²) in [7, 11) is 0. The molecule has 0 bridgehead atoms. The minimum atomic E-state index is -1.79. The lowest BCUT2D eigenvalue weighted by Crippen LogP contribution is -2.63. The molecular formula is C36H65N5O12S. The van der Waals surface area contributed by atoms with E-state index in [1.807, 2.05) is 6.92 Å². The highest BCUT2D eigenvalue weighted by molar-refractivity contribution is 7.99. The highest BCUT2D eigenvalue weighted by Crippen LogP contribution is 2.33. The van der Waals surface area contributed by atoms with Gasteiger partial charge in [-0.2, -0.15) is 11.8 Å². The lowest BCUT2D eigenvalue weighted by molar-refractivity contribution is -0.347. The van der Waals surface area contributed by atoms with Crippen molar-refractivity contribution in [3.05, 3.63) is 6.20 Å². The molecule has 3 heterocycles. The van der Waals surface area contributed by atoms with Gasteiger partial charge in [0.25, 0.3) is 0 Å². The van der Waals surface area contributed by atoms with Gasteiger partial charge >= 0.3 is 0 Å². The molecule has 0 spiro atoms. The van der Waals surface area contributed by atoms with Crippen molar-refractivity contribution in [3.63, 3.8) is 0 Å². The first-order valence-corrected chi connectivity index (χ1v) is 20.9. The highest BCUT2D eigenvalue weighted by Gasteiger charge is 2.51. The number of aliphatic hydroxyl groups excluding tert-OH is 7. The summed E-state index contributed by atoms with van der Waals surface area (Å²) in [6.45, 7) is 2.82. The van der Waals surface area contributed by atoms with E-state index in [9.17, 15) is 45.3 Å². The number of aliphatic hydroxyl groups is 7. The Labute approximate surface area is 322 Å². The molecule has 11 atom stereocenters. The molecule has 0 aromatic carbocycles. The largest absolute Gasteiger partial charge is 0.394 e. The monoisotopic (exact) mass is 791 g/mol. The zero-order valence-corrected chi connectivity index (χ0v) is 32.6. The first-order valence-electron chi connectivity index (χ1n) is 19.7. The number of carbonyl (C=O) groups excluding carboxylic acids is 2. The van der Waals surface area contributed by atoms with Crippen LogP contribution in [0.1, 0.15) is 116 Å². The molecule has 312 valence electrons. The van der Waals surface area contributed by atoms with E-state index in [-0.39, 0.29) is 11.7 Å². The molecule has 54 heavy (non-hydrogen) atoms. The number of carbonyl (C=O) groups is 2. The molecule has 2 amide bonds. The third kappa shape index (κ3) is 14.5. The lowest BCUT2D eigenvalue weighted by Gasteiger charge is -2.45. The van der Waals surface area contributed by atoms with Crippen LogP contribution in [0, 0.1) is 0 Å². The van der Waals surface area contributed by atoms with Gasteiger partial charge < -0.3 is 60.6 Å². The first kappa shape index (κ1) is 46.4. The molecule has 2 fully saturated rings. The zero-order chi connectivity index (χ0) is 39.5. The van der Waals surface area contributed by atoms with E-state index in [2.05, 4.69) is 27.9 Å². The molecular weight excluding hydrogens is 726 g/mol. The van der Waals surface area contributed by atoms with Crippen LogP contribution < -0.4 is 10.6 Å². The molecule has 1 aromatic heterocycles. The van der Waals surface area contributed by atoms with E-state index in [1.54, 1.807) is 0 Å². The molecule has 17 nitrogen and oxygen atoms in total. The van der Waals surface area contributed by atoms with Crippen molar-refractivity contribution < 1.29 is 59.5 Å². The van der Waals surface area contributed by atoms with E-state index in [0.717, 1.165) is 42.5 Å². The van der Waals surface area contributed by atoms with Crippen LogP contribution in [-0.4, -0.2) is 148 Å². The third-order valence-electron chi connectivity index (χ3n) is 9.79. The summed E-state index contributed by atoms with van der Waals surface area (Å²) in [5.41, 5.74) is 0. The summed E-state index contributed by atoms with van der Waals surface area (Å²) < 4.78 is 17.8. The summed E-state index contributed by atoms with van der Waals surface area (Å²) in [4.78, 5) is 26.1. The molecule has 1 aromatic rings. The predicted molar refractivity (Wildman–Crippen MR) is 200 cm³/mol. The van der Waals surface area contributed by atoms with Gasteiger partial charge in [0, 0.05) is 12.2 Å². The Balaban J connectivity index is 1.48. The van der Waals surface area contributed by atoms with Gasteiger partial charge in [0.15, 0.2) is 18.3 Å². The van der Waals surface area contributed by atoms with Gasteiger partial charge in [-0.15, -0.1) is 5.10 Å². The molecule has 0 aliphatic carbocycles. The summed E-state index contributed by atoms with van der Waals surface area (Å²) in [6, 6.07) is -0.835. The Morgan fingerprint density at radius 2 is 1.41 bits per heavy atom. The number of unbranched alkanes of at least 4 members (excludes halogenated alkanes) is 12. The Bertz CT molecular complexity index is 1200. The second-order valence-electron chi connectivity index (χ2n) is 14.3. The standard InChI is InChI=1S/C36H65N5O12S/c1-3-5-6-7-8-9-10-11-12-13-14-15-16-17-27(44)37-23(22-54-18-4-2)34(50)38-26-19-41(40-39-26)35-31(48)30(47)33(25(21-43)51-35)53-36-32(49)29(46)28(45)24(20-42)52-36/h19,23-25,28-33,35-36,42-43,45-49H,3-18,20-22H2,1-2H3,(H,37,44)(H,38,50)/t23-,24?,25?,28?,29?,30?,31?,32?,33?,35-,36?/m1/s1. The molecule has 0 radical (unpaired) electrons. The van der Waals surface area contributed by atoms with Gasteiger partial charge in [-0.05, 0) is 18.6 Å². The van der Waals surface area contributed by atoms with Crippen molar-refractivity contribution in [1.29, 1.82) is 0 Å². The normalized spacial score (nSPS) is 29.2. The molecule has 2 aliphatic heterocycles. The van der Waals surface area contributed by atoms with Gasteiger partial charge in [-0.1, -0.05) is 96.1 Å². The molecule has 9 N–H and O–H groups in total. The van der Waals surface area contributed by atoms with Crippen molar-refractivity contribution >= 4 is 29.4 Å². The van der Waals surface area contributed by atoms with Gasteiger partial charge in [0.2, 0.25) is 11.8 Å². The van der Waals surface area contributed by atoms with E-state index in [4.69, 9.17) is 14.2 Å². The fraction of sp³-hybridized carbons (Fsp3) is 0.889. The van der Waals surface area contributed by atoms with Crippen molar-refractivity contribution in [2.45, 2.75) is 178 Å². The number of hydrogen-bond donors (Lipinski definition) is 9. The minimum Gasteiger partial charge on any atom is -0.394 e. The fourth-order valence-corrected chi connectivity index (χ4v) is 7.48. The minimum absolute atomic E-state index is 0.0123. The number of nitrogens with one attached hydrogen (secondary N) is 2. The third-order valence-corrected chi connectivity index (χ3v) is 11.1. The number of rotatable bonds is 26. The number of ether oxygens (including phenoxy) is 3. The van der Waals surface area contributed by atoms with Crippen molar-refractivity contribution in [1.82, 2.24) is 20.3 Å². The van der Waals surface area contributed by atoms with Crippen LogP contribution in [0.25, 0.3) is 0 Å². The average molecular weight is 792 g/mol. The number of anilines is 1. The van der Waals surface area contributed by atoms with Gasteiger partial charge in [0.05, 0.1) is 19.4 Å². The van der Waals surface area contributed by atoms with E-state index < -0.39 is 86.5 Å². The van der Waals surface area contributed by atoms with Crippen LogP contribution in [0.15, 0.2) is 6.20 Å². The number of aromatic nitrogens is 3. The smallest absolute Gasteiger partial charge is 0.249 e. The molecule has 2 saturated heterocycles. The Morgan fingerprint density at radius 1 is 0.796 bits per heavy atom. The molecule has 3 rings (SSSR count). The van der Waals surface area contributed by atoms with E-state index in [1.165, 1.54) is 75.7 Å². The second kappa shape index (κ2) is 25.3. The van der Waals surface area contributed by atoms with Crippen LogP contribution in [0.3, 0.4) is 0 Å². The van der Waals surface area contributed by atoms with E-state index >= 15 is 0 Å². The molecule has 18 heteroatoms. The SMILES string of the molecule is CCCCCCCCCCCCCCCC(=O)N[C@H](CSCCC)C(=O)Nc1cn([C@@H]2OC(CO)C(OC3OC(CO)C(O)C(O)C3O)C(O)C2O)nn1. The summed E-state index contributed by atoms with van der Waals surface area (Å²) in [6.07, 6.45) is 2.34. The van der Waals surface area contributed by atoms with Crippen LogP contribution in [0.5, 0.6) is 0 Å². The fourth-order valence-electron chi connectivity index (χ4n) is 6.56. The quantitative estimate of drug-likeness (QED) is 0.0596. The maximum atomic E-state index is 13.3. The molecule has 9 unspecified atom stereocenters. The zero-order valence-electron chi connectivity index (χ0n) is 31.8.